The molecule has 3 heteroatoms. The summed E-state index contributed by atoms with van der Waals surface area (Å²) in [6, 6.07) is 8.89. The van der Waals surface area contributed by atoms with Gasteiger partial charge in [-0.25, -0.2) is 0 Å². The molecule has 1 atom stereocenters. The fourth-order valence-corrected chi connectivity index (χ4v) is 3.11. The van der Waals surface area contributed by atoms with Gasteiger partial charge in [-0.3, -0.25) is 0 Å². The first kappa shape index (κ1) is 15.3. The van der Waals surface area contributed by atoms with Gasteiger partial charge in [0.2, 0.25) is 0 Å². The molecule has 2 rings (SSSR count). The van der Waals surface area contributed by atoms with E-state index in [1.165, 1.54) is 11.3 Å². The number of rotatable bonds is 4. The van der Waals surface area contributed by atoms with Gasteiger partial charge in [-0.15, -0.1) is 0 Å². The lowest BCUT2D eigenvalue weighted by atomic mass is 9.94. The van der Waals surface area contributed by atoms with Gasteiger partial charge in [-0.2, -0.15) is 0 Å². The average molecular weight is 276 g/mol. The third kappa shape index (κ3) is 3.53. The number of ether oxygens (including phenoxy) is 1. The first-order valence-electron chi connectivity index (χ1n) is 7.39. The van der Waals surface area contributed by atoms with Crippen molar-refractivity contribution in [3.8, 4) is 0 Å². The molecule has 112 valence electrons. The molecule has 1 N–H and O–H groups in total. The van der Waals surface area contributed by atoms with Crippen molar-refractivity contribution in [2.45, 2.75) is 57.9 Å². The maximum absolute atomic E-state index is 6.17. The molecule has 0 spiro atoms. The molecule has 1 aromatic rings. The van der Waals surface area contributed by atoms with Crippen molar-refractivity contribution in [1.82, 2.24) is 4.90 Å². The van der Waals surface area contributed by atoms with Crippen LogP contribution >= 0.6 is 0 Å². The molecule has 0 saturated carbocycles. The Morgan fingerprint density at radius 2 is 1.85 bits per heavy atom. The molecule has 20 heavy (non-hydrogen) atoms. The van der Waals surface area contributed by atoms with E-state index in [1.807, 2.05) is 0 Å². The third-order valence-corrected chi connectivity index (χ3v) is 3.91. The molecule has 1 unspecified atom stereocenters. The zero-order chi connectivity index (χ0) is 15.0. The summed E-state index contributed by atoms with van der Waals surface area (Å²) < 4.78 is 6.17. The van der Waals surface area contributed by atoms with Crippen molar-refractivity contribution in [1.29, 1.82) is 0 Å². The predicted molar refractivity (Wildman–Crippen MR) is 85.1 cm³/mol. The molecule has 1 aromatic carbocycles. The molecule has 0 radical (unpaired) electrons. The second-order valence-electron chi connectivity index (χ2n) is 7.26. The average Bonchev–Trinajstić information content (AvgIpc) is 2.48. The second kappa shape index (κ2) is 5.38. The van der Waals surface area contributed by atoms with Crippen LogP contribution in [0.15, 0.2) is 24.3 Å². The van der Waals surface area contributed by atoms with Crippen LogP contribution in [0.1, 0.15) is 39.7 Å². The largest absolute Gasteiger partial charge is 0.379 e. The number of hydrogen-bond acceptors (Lipinski definition) is 3. The summed E-state index contributed by atoms with van der Waals surface area (Å²) in [4.78, 5) is 2.20. The van der Waals surface area contributed by atoms with Crippen LogP contribution < -0.4 is 5.32 Å². The molecule has 0 aliphatic carbocycles. The number of anilines is 1. The van der Waals surface area contributed by atoms with Crippen molar-refractivity contribution < 1.29 is 4.74 Å². The minimum absolute atomic E-state index is 0.0579. The minimum Gasteiger partial charge on any atom is -0.379 e. The van der Waals surface area contributed by atoms with Gasteiger partial charge >= 0.3 is 0 Å². The summed E-state index contributed by atoms with van der Waals surface area (Å²) in [5.41, 5.74) is 2.35. The van der Waals surface area contributed by atoms with Gasteiger partial charge in [-0.05, 0) is 59.8 Å². The second-order valence-corrected chi connectivity index (χ2v) is 7.26. The topological polar surface area (TPSA) is 24.5 Å². The molecule has 1 aliphatic heterocycles. The van der Waals surface area contributed by atoms with Crippen LogP contribution in [-0.2, 0) is 11.3 Å². The van der Waals surface area contributed by atoms with Gasteiger partial charge in [0.05, 0.1) is 17.2 Å². The quantitative estimate of drug-likeness (QED) is 0.911. The first-order valence-corrected chi connectivity index (χ1v) is 7.39. The van der Waals surface area contributed by atoms with Gasteiger partial charge in [-0.1, -0.05) is 18.2 Å². The van der Waals surface area contributed by atoms with E-state index in [4.69, 9.17) is 4.74 Å². The summed E-state index contributed by atoms with van der Waals surface area (Å²) in [6.45, 7) is 9.63. The predicted octanol–water partition coefficient (Wildman–Crippen LogP) is 3.51. The number of hydrogen-bond donors (Lipinski definition) is 1. The van der Waals surface area contributed by atoms with Gasteiger partial charge in [0.1, 0.15) is 0 Å². The van der Waals surface area contributed by atoms with Crippen molar-refractivity contribution in [2.75, 3.05) is 19.4 Å². The van der Waals surface area contributed by atoms with E-state index in [-0.39, 0.29) is 11.2 Å². The van der Waals surface area contributed by atoms with E-state index in [9.17, 15) is 0 Å². The number of para-hydroxylation sites is 1. The Bertz CT molecular complexity index is 466. The standard InChI is InChI=1S/C17H28N2O/c1-16(2)11-15(17(3,4)20-16)18-14-10-8-7-9-13(14)12-19(5)6/h7-10,15,18H,11-12H2,1-6H3. The Kier molecular flexibility index (Phi) is 4.12. The molecular weight excluding hydrogens is 248 g/mol. The van der Waals surface area contributed by atoms with Crippen LogP contribution in [0.5, 0.6) is 0 Å². The fourth-order valence-electron chi connectivity index (χ4n) is 3.11. The Balaban J connectivity index is 2.18. The first-order chi connectivity index (χ1) is 9.20. The van der Waals surface area contributed by atoms with E-state index in [0.717, 1.165) is 13.0 Å². The SMILES string of the molecule is CN(C)Cc1ccccc1NC1CC(C)(C)OC1(C)C. The Hall–Kier alpha value is -1.06. The van der Waals surface area contributed by atoms with Crippen LogP contribution in [-0.4, -0.2) is 36.2 Å². The van der Waals surface area contributed by atoms with Crippen LogP contribution in [0.25, 0.3) is 0 Å². The highest BCUT2D eigenvalue weighted by Crippen LogP contribution is 2.39. The number of nitrogens with one attached hydrogen (secondary N) is 1. The van der Waals surface area contributed by atoms with E-state index >= 15 is 0 Å². The summed E-state index contributed by atoms with van der Waals surface area (Å²) in [5, 5.41) is 3.71. The minimum atomic E-state index is -0.144. The molecule has 1 saturated heterocycles. The highest BCUT2D eigenvalue weighted by Gasteiger charge is 2.45. The smallest absolute Gasteiger partial charge is 0.0834 e. The van der Waals surface area contributed by atoms with Crippen LogP contribution in [0, 0.1) is 0 Å². The molecule has 1 fully saturated rings. The Morgan fingerprint density at radius 1 is 1.20 bits per heavy atom. The lowest BCUT2D eigenvalue weighted by Crippen LogP contribution is -2.38. The highest BCUT2D eigenvalue weighted by molar-refractivity contribution is 5.52. The van der Waals surface area contributed by atoms with Gasteiger partial charge in [0.25, 0.3) is 0 Å². The van der Waals surface area contributed by atoms with Crippen molar-refractivity contribution in [3.05, 3.63) is 29.8 Å². The van der Waals surface area contributed by atoms with E-state index < -0.39 is 0 Å². The van der Waals surface area contributed by atoms with Crippen LogP contribution in [0.4, 0.5) is 5.69 Å². The van der Waals surface area contributed by atoms with Crippen molar-refractivity contribution >= 4 is 5.69 Å². The maximum atomic E-state index is 6.17. The molecular formula is C17H28N2O. The molecule has 0 bridgehead atoms. The zero-order valence-corrected chi connectivity index (χ0v) is 13.7. The highest BCUT2D eigenvalue weighted by atomic mass is 16.5. The van der Waals surface area contributed by atoms with E-state index in [1.54, 1.807) is 0 Å². The van der Waals surface area contributed by atoms with Gasteiger partial charge in [0.15, 0.2) is 0 Å². The third-order valence-electron chi connectivity index (χ3n) is 3.91. The summed E-state index contributed by atoms with van der Waals surface area (Å²) in [7, 11) is 4.20. The Morgan fingerprint density at radius 3 is 2.40 bits per heavy atom. The van der Waals surface area contributed by atoms with Gasteiger partial charge < -0.3 is 15.0 Å². The van der Waals surface area contributed by atoms with Crippen LogP contribution in [0.2, 0.25) is 0 Å². The molecule has 1 heterocycles. The Labute approximate surface area is 123 Å². The van der Waals surface area contributed by atoms with Crippen molar-refractivity contribution in [2.24, 2.45) is 0 Å². The van der Waals surface area contributed by atoms with Gasteiger partial charge in [0, 0.05) is 12.2 Å². The summed E-state index contributed by atoms with van der Waals surface area (Å²) in [6.07, 6.45) is 1.02. The van der Waals surface area contributed by atoms with E-state index in [0.29, 0.717) is 6.04 Å². The number of nitrogens with zero attached hydrogens (tertiary/aromatic N) is 1. The summed E-state index contributed by atoms with van der Waals surface area (Å²) in [5.74, 6) is 0. The lowest BCUT2D eigenvalue weighted by molar-refractivity contribution is -0.0662. The van der Waals surface area contributed by atoms with Crippen molar-refractivity contribution in [3.63, 3.8) is 0 Å². The van der Waals surface area contributed by atoms with Crippen LogP contribution in [0.3, 0.4) is 0 Å². The molecule has 3 nitrogen and oxygen atoms in total. The molecule has 1 aliphatic rings. The summed E-state index contributed by atoms with van der Waals surface area (Å²) >= 11 is 0. The molecule has 0 amide bonds. The fraction of sp³-hybridized carbons (Fsp3) is 0.647. The normalized spacial score (nSPS) is 24.1. The number of benzene rings is 1. The zero-order valence-electron chi connectivity index (χ0n) is 13.7. The molecule has 0 aromatic heterocycles. The van der Waals surface area contributed by atoms with E-state index in [2.05, 4.69) is 76.3 Å². The monoisotopic (exact) mass is 276 g/mol. The lowest BCUT2D eigenvalue weighted by Gasteiger charge is -2.29. The maximum Gasteiger partial charge on any atom is 0.0834 e.